The molecule has 0 radical (unpaired) electrons. The number of halogens is 1. The normalized spacial score (nSPS) is 20.1. The summed E-state index contributed by atoms with van der Waals surface area (Å²) in [6.45, 7) is 0.107. The van der Waals surface area contributed by atoms with Crippen molar-refractivity contribution in [3.63, 3.8) is 0 Å². The van der Waals surface area contributed by atoms with Gasteiger partial charge >= 0.3 is 0 Å². The lowest BCUT2D eigenvalue weighted by atomic mass is 10.2. The summed E-state index contributed by atoms with van der Waals surface area (Å²) < 4.78 is 28.1. The van der Waals surface area contributed by atoms with Crippen molar-refractivity contribution >= 4 is 33.0 Å². The molecular formula is C14H19ClN2O4S. The molecule has 1 heterocycles. The second-order valence-electron chi connectivity index (χ2n) is 5.36. The third-order valence-electron chi connectivity index (χ3n) is 3.66. The van der Waals surface area contributed by atoms with Crippen molar-refractivity contribution in [3.8, 4) is 5.75 Å². The van der Waals surface area contributed by atoms with Gasteiger partial charge in [0.2, 0.25) is 5.91 Å². The highest BCUT2D eigenvalue weighted by atomic mass is 35.5. The molecule has 0 aliphatic carbocycles. The lowest BCUT2D eigenvalue weighted by molar-refractivity contribution is -0.117. The third-order valence-corrected chi connectivity index (χ3v) is 5.65. The molecule has 1 aliphatic heterocycles. The smallest absolute Gasteiger partial charge is 0.238 e. The molecule has 0 saturated carbocycles. The zero-order valence-electron chi connectivity index (χ0n) is 12.5. The molecule has 6 nitrogen and oxygen atoms in total. The summed E-state index contributed by atoms with van der Waals surface area (Å²) in [5, 5.41) is 3.23. The maximum Gasteiger partial charge on any atom is 0.238 e. The van der Waals surface area contributed by atoms with Crippen LogP contribution >= 0.6 is 11.6 Å². The molecule has 0 bridgehead atoms. The van der Waals surface area contributed by atoms with Crippen LogP contribution < -0.4 is 10.1 Å². The van der Waals surface area contributed by atoms with E-state index >= 15 is 0 Å². The van der Waals surface area contributed by atoms with E-state index in [2.05, 4.69) is 5.32 Å². The van der Waals surface area contributed by atoms with E-state index in [4.69, 9.17) is 16.3 Å². The van der Waals surface area contributed by atoms with Gasteiger partial charge in [-0.1, -0.05) is 11.6 Å². The minimum absolute atomic E-state index is 0.107. The molecule has 1 aromatic carbocycles. The Morgan fingerprint density at radius 3 is 2.82 bits per heavy atom. The number of benzene rings is 1. The van der Waals surface area contributed by atoms with Crippen LogP contribution in [0, 0.1) is 0 Å². The van der Waals surface area contributed by atoms with E-state index < -0.39 is 9.84 Å². The largest absolute Gasteiger partial charge is 0.495 e. The minimum Gasteiger partial charge on any atom is -0.495 e. The molecule has 1 saturated heterocycles. The number of hydrogen-bond acceptors (Lipinski definition) is 5. The molecule has 0 aromatic heterocycles. The summed E-state index contributed by atoms with van der Waals surface area (Å²) in [5.41, 5.74) is 0.493. The summed E-state index contributed by atoms with van der Waals surface area (Å²) in [4.78, 5) is 13.9. The van der Waals surface area contributed by atoms with Gasteiger partial charge < -0.3 is 10.1 Å². The second kappa shape index (κ2) is 6.85. The molecule has 122 valence electrons. The van der Waals surface area contributed by atoms with Gasteiger partial charge in [-0.05, 0) is 31.7 Å². The maximum absolute atomic E-state index is 12.1. The molecule has 1 aliphatic rings. The number of hydrogen-bond donors (Lipinski definition) is 1. The average molecular weight is 347 g/mol. The number of likely N-dealkylation sites (N-methyl/N-ethyl adjacent to an activating group) is 1. The Labute approximate surface area is 135 Å². The fourth-order valence-corrected chi connectivity index (χ4v) is 4.42. The van der Waals surface area contributed by atoms with Crippen molar-refractivity contribution in [2.45, 2.75) is 12.5 Å². The molecule has 1 amide bonds. The number of methoxy groups -OCH3 is 1. The number of carbonyl (C=O) groups excluding carboxylic acids is 1. The first-order valence-electron chi connectivity index (χ1n) is 6.85. The highest BCUT2D eigenvalue weighted by Crippen LogP contribution is 2.27. The molecule has 1 fully saturated rings. The zero-order chi connectivity index (χ0) is 16.3. The van der Waals surface area contributed by atoms with E-state index in [1.807, 2.05) is 0 Å². The van der Waals surface area contributed by atoms with Crippen LogP contribution in [0.3, 0.4) is 0 Å². The first-order valence-corrected chi connectivity index (χ1v) is 9.05. The lowest BCUT2D eigenvalue weighted by Crippen LogP contribution is -2.38. The monoisotopic (exact) mass is 346 g/mol. The fourth-order valence-electron chi connectivity index (χ4n) is 2.45. The quantitative estimate of drug-likeness (QED) is 0.872. The Morgan fingerprint density at radius 2 is 2.23 bits per heavy atom. The number of nitrogens with one attached hydrogen (secondary N) is 1. The lowest BCUT2D eigenvalue weighted by Gasteiger charge is -2.22. The summed E-state index contributed by atoms with van der Waals surface area (Å²) in [5.74, 6) is 0.569. The summed E-state index contributed by atoms with van der Waals surface area (Å²) in [7, 11) is 0.296. The predicted octanol–water partition coefficient (Wildman–Crippen LogP) is 1.41. The van der Waals surface area contributed by atoms with Crippen molar-refractivity contribution in [1.82, 2.24) is 4.90 Å². The summed E-state index contributed by atoms with van der Waals surface area (Å²) in [6.07, 6.45) is 0.562. The van der Waals surface area contributed by atoms with Gasteiger partial charge in [0, 0.05) is 11.1 Å². The summed E-state index contributed by atoms with van der Waals surface area (Å²) in [6, 6.07) is 4.84. The first kappa shape index (κ1) is 17.1. The van der Waals surface area contributed by atoms with Crippen LogP contribution in [0.25, 0.3) is 0 Å². The van der Waals surface area contributed by atoms with Crippen molar-refractivity contribution in [2.24, 2.45) is 0 Å². The number of carbonyl (C=O) groups is 1. The Morgan fingerprint density at radius 1 is 1.50 bits per heavy atom. The number of sulfone groups is 1. The zero-order valence-corrected chi connectivity index (χ0v) is 14.1. The Hall–Kier alpha value is -1.31. The van der Waals surface area contributed by atoms with E-state index in [1.165, 1.54) is 7.11 Å². The molecule has 1 aromatic rings. The van der Waals surface area contributed by atoms with Crippen LogP contribution in [0.5, 0.6) is 5.75 Å². The van der Waals surface area contributed by atoms with Crippen LogP contribution in [0.2, 0.25) is 5.02 Å². The third kappa shape index (κ3) is 4.34. The van der Waals surface area contributed by atoms with Crippen LogP contribution in [0.1, 0.15) is 6.42 Å². The van der Waals surface area contributed by atoms with Gasteiger partial charge in [-0.3, -0.25) is 9.69 Å². The molecule has 0 unspecified atom stereocenters. The van der Waals surface area contributed by atoms with E-state index in [0.717, 1.165) is 0 Å². The molecule has 8 heteroatoms. The molecule has 2 rings (SSSR count). The number of rotatable bonds is 5. The highest BCUT2D eigenvalue weighted by Gasteiger charge is 2.31. The predicted molar refractivity (Wildman–Crippen MR) is 86.3 cm³/mol. The molecule has 1 atom stereocenters. The van der Waals surface area contributed by atoms with E-state index in [0.29, 0.717) is 22.9 Å². The van der Waals surface area contributed by atoms with Crippen LogP contribution in [0.4, 0.5) is 5.69 Å². The van der Waals surface area contributed by atoms with Gasteiger partial charge in [-0.2, -0.15) is 0 Å². The van der Waals surface area contributed by atoms with Gasteiger partial charge in [0.05, 0.1) is 30.8 Å². The Bertz CT molecular complexity index is 663. The topological polar surface area (TPSA) is 75.7 Å². The first-order chi connectivity index (χ1) is 10.3. The Kier molecular flexibility index (Phi) is 5.31. The number of amides is 1. The van der Waals surface area contributed by atoms with Crippen molar-refractivity contribution in [1.29, 1.82) is 0 Å². The number of nitrogens with zero attached hydrogens (tertiary/aromatic N) is 1. The van der Waals surface area contributed by atoms with Crippen LogP contribution in [-0.2, 0) is 14.6 Å². The van der Waals surface area contributed by atoms with Gasteiger partial charge in [-0.25, -0.2) is 8.42 Å². The van der Waals surface area contributed by atoms with E-state index in [9.17, 15) is 13.2 Å². The van der Waals surface area contributed by atoms with Crippen molar-refractivity contribution in [2.75, 3.05) is 37.5 Å². The maximum atomic E-state index is 12.1. The molecule has 22 heavy (non-hydrogen) atoms. The summed E-state index contributed by atoms with van der Waals surface area (Å²) >= 11 is 5.91. The van der Waals surface area contributed by atoms with Gasteiger partial charge in [-0.15, -0.1) is 0 Å². The molecule has 0 spiro atoms. The van der Waals surface area contributed by atoms with Gasteiger partial charge in [0.25, 0.3) is 0 Å². The van der Waals surface area contributed by atoms with Crippen molar-refractivity contribution in [3.05, 3.63) is 23.2 Å². The van der Waals surface area contributed by atoms with Gasteiger partial charge in [0.1, 0.15) is 5.75 Å². The van der Waals surface area contributed by atoms with Crippen molar-refractivity contribution < 1.29 is 17.9 Å². The van der Waals surface area contributed by atoms with Crippen LogP contribution in [-0.4, -0.2) is 57.5 Å². The Balaban J connectivity index is 1.97. The minimum atomic E-state index is -2.96. The fraction of sp³-hybridized carbons (Fsp3) is 0.500. The van der Waals surface area contributed by atoms with Gasteiger partial charge in [0.15, 0.2) is 9.84 Å². The SMILES string of the molecule is COc1ccc(Cl)cc1NC(=O)CN(C)[C@H]1CCS(=O)(=O)C1. The van der Waals surface area contributed by atoms with E-state index in [1.54, 1.807) is 30.1 Å². The highest BCUT2D eigenvalue weighted by molar-refractivity contribution is 7.91. The molecule has 1 N–H and O–H groups in total. The van der Waals surface area contributed by atoms with Crippen LogP contribution in [0.15, 0.2) is 18.2 Å². The number of anilines is 1. The average Bonchev–Trinajstić information content (AvgIpc) is 2.79. The second-order valence-corrected chi connectivity index (χ2v) is 8.03. The standard InChI is InChI=1S/C14H19ClN2O4S/c1-17(11-5-6-22(19,20)9-11)8-14(18)16-12-7-10(15)3-4-13(12)21-2/h3-4,7,11H,5-6,8-9H2,1-2H3,(H,16,18)/t11-/m0/s1. The van der Waals surface area contributed by atoms with E-state index in [-0.39, 0.29) is 30.0 Å². The molecular weight excluding hydrogens is 328 g/mol. The number of ether oxygens (including phenoxy) is 1.